The molecule has 1 aromatic rings. The predicted octanol–water partition coefficient (Wildman–Crippen LogP) is 2.75. The number of thioether (sulfide) groups is 1. The molecule has 21 heavy (non-hydrogen) atoms. The van der Waals surface area contributed by atoms with Crippen molar-refractivity contribution in [2.24, 2.45) is 5.73 Å². The third-order valence-electron chi connectivity index (χ3n) is 3.69. The second-order valence-corrected chi connectivity index (χ2v) is 8.75. The van der Waals surface area contributed by atoms with E-state index in [1.54, 1.807) is 12.1 Å². The summed E-state index contributed by atoms with van der Waals surface area (Å²) >= 11 is 7.88. The molecule has 0 aromatic heterocycles. The molecule has 1 aromatic carbocycles. The molecule has 2 unspecified atom stereocenters. The molecule has 0 radical (unpaired) electrons. The van der Waals surface area contributed by atoms with Gasteiger partial charge in [-0.1, -0.05) is 31.0 Å². The van der Waals surface area contributed by atoms with E-state index < -0.39 is 10.0 Å². The Morgan fingerprint density at radius 2 is 2.19 bits per heavy atom. The molecule has 0 heterocycles. The molecular formula is C14H21ClN2O2S2. The summed E-state index contributed by atoms with van der Waals surface area (Å²) in [6.45, 7) is 2.39. The summed E-state index contributed by atoms with van der Waals surface area (Å²) in [7, 11) is -3.53. The molecule has 2 rings (SSSR count). The topological polar surface area (TPSA) is 72.2 Å². The van der Waals surface area contributed by atoms with Crippen molar-refractivity contribution >= 4 is 33.4 Å². The lowest BCUT2D eigenvalue weighted by atomic mass is 10.2. The molecule has 1 saturated carbocycles. The van der Waals surface area contributed by atoms with E-state index >= 15 is 0 Å². The van der Waals surface area contributed by atoms with Crippen LogP contribution in [0.25, 0.3) is 0 Å². The zero-order valence-electron chi connectivity index (χ0n) is 12.0. The van der Waals surface area contributed by atoms with E-state index in [-0.39, 0.29) is 10.9 Å². The van der Waals surface area contributed by atoms with Crippen LogP contribution in [0.4, 0.5) is 0 Å². The summed E-state index contributed by atoms with van der Waals surface area (Å²) in [5, 5.41) is 0.759. The Morgan fingerprint density at radius 1 is 1.43 bits per heavy atom. The molecule has 0 aliphatic heterocycles. The second kappa shape index (κ2) is 7.33. The van der Waals surface area contributed by atoms with E-state index in [0.717, 1.165) is 30.6 Å². The van der Waals surface area contributed by atoms with Crippen LogP contribution in [-0.2, 0) is 16.6 Å². The molecule has 3 N–H and O–H groups in total. The van der Waals surface area contributed by atoms with Gasteiger partial charge in [0, 0.05) is 22.9 Å². The Morgan fingerprint density at radius 3 is 2.81 bits per heavy atom. The number of nitrogens with two attached hydrogens (primary N) is 1. The van der Waals surface area contributed by atoms with Crippen molar-refractivity contribution in [2.75, 3.05) is 5.75 Å². The zero-order valence-corrected chi connectivity index (χ0v) is 14.4. The van der Waals surface area contributed by atoms with E-state index in [1.165, 1.54) is 6.07 Å². The van der Waals surface area contributed by atoms with Gasteiger partial charge < -0.3 is 5.73 Å². The standard InChI is InChI=1S/C14H21ClN2O2S2/c1-2-20-14-5-3-4-13(14)17-21(18,19)11-7-6-10(9-16)12(15)8-11/h6-8,13-14,17H,2-5,9,16H2,1H3. The summed E-state index contributed by atoms with van der Waals surface area (Å²) in [5.74, 6) is 1.000. The third-order valence-corrected chi connectivity index (χ3v) is 6.86. The van der Waals surface area contributed by atoms with E-state index in [0.29, 0.717) is 16.8 Å². The average Bonchev–Trinajstić information content (AvgIpc) is 2.86. The number of benzene rings is 1. The highest BCUT2D eigenvalue weighted by Crippen LogP contribution is 2.31. The van der Waals surface area contributed by atoms with Crippen molar-refractivity contribution in [3.63, 3.8) is 0 Å². The van der Waals surface area contributed by atoms with Crippen molar-refractivity contribution in [2.45, 2.75) is 48.9 Å². The largest absolute Gasteiger partial charge is 0.326 e. The van der Waals surface area contributed by atoms with E-state index in [2.05, 4.69) is 11.6 Å². The van der Waals surface area contributed by atoms with Gasteiger partial charge >= 0.3 is 0 Å². The van der Waals surface area contributed by atoms with Crippen LogP contribution in [0.3, 0.4) is 0 Å². The molecule has 0 amide bonds. The normalized spacial score (nSPS) is 22.6. The van der Waals surface area contributed by atoms with Crippen molar-refractivity contribution < 1.29 is 8.42 Å². The molecule has 0 saturated heterocycles. The predicted molar refractivity (Wildman–Crippen MR) is 89.2 cm³/mol. The van der Waals surface area contributed by atoms with Gasteiger partial charge in [-0.2, -0.15) is 11.8 Å². The fourth-order valence-electron chi connectivity index (χ4n) is 2.60. The molecule has 1 aliphatic carbocycles. The minimum absolute atomic E-state index is 0.00732. The van der Waals surface area contributed by atoms with Crippen LogP contribution in [0.1, 0.15) is 31.7 Å². The highest BCUT2D eigenvalue weighted by atomic mass is 35.5. The molecule has 118 valence electrons. The van der Waals surface area contributed by atoms with Gasteiger partial charge in [0.15, 0.2) is 0 Å². The van der Waals surface area contributed by atoms with Crippen molar-refractivity contribution in [3.05, 3.63) is 28.8 Å². The van der Waals surface area contributed by atoms with Crippen molar-refractivity contribution in [3.8, 4) is 0 Å². The van der Waals surface area contributed by atoms with Gasteiger partial charge in [0.2, 0.25) is 10.0 Å². The molecule has 7 heteroatoms. The summed E-state index contributed by atoms with van der Waals surface area (Å²) in [6, 6.07) is 4.72. The number of halogens is 1. The number of rotatable bonds is 6. The quantitative estimate of drug-likeness (QED) is 0.829. The smallest absolute Gasteiger partial charge is 0.240 e. The second-order valence-electron chi connectivity index (χ2n) is 5.11. The van der Waals surface area contributed by atoms with Crippen LogP contribution in [-0.4, -0.2) is 25.5 Å². The first-order valence-corrected chi connectivity index (χ1v) is 10.0. The summed E-state index contributed by atoms with van der Waals surface area (Å²) in [4.78, 5) is 0.205. The minimum atomic E-state index is -3.53. The Balaban J connectivity index is 2.16. The minimum Gasteiger partial charge on any atom is -0.326 e. The fraction of sp³-hybridized carbons (Fsp3) is 0.571. The zero-order chi connectivity index (χ0) is 15.5. The van der Waals surface area contributed by atoms with Gasteiger partial charge in [-0.05, 0) is 36.3 Å². The van der Waals surface area contributed by atoms with Gasteiger partial charge in [0.05, 0.1) is 4.90 Å². The van der Waals surface area contributed by atoms with Gasteiger partial charge in [0.25, 0.3) is 0 Å². The number of hydrogen-bond acceptors (Lipinski definition) is 4. The highest BCUT2D eigenvalue weighted by molar-refractivity contribution is 8.00. The maximum atomic E-state index is 12.5. The van der Waals surface area contributed by atoms with Gasteiger partial charge in [-0.3, -0.25) is 0 Å². The number of nitrogens with one attached hydrogen (secondary N) is 1. The van der Waals surface area contributed by atoms with Crippen LogP contribution in [0.5, 0.6) is 0 Å². The average molecular weight is 349 g/mol. The first-order valence-electron chi connectivity index (χ1n) is 7.10. The first kappa shape index (κ1) is 17.1. The number of sulfonamides is 1. The highest BCUT2D eigenvalue weighted by Gasteiger charge is 2.31. The third kappa shape index (κ3) is 4.13. The Hall–Kier alpha value is -0.270. The van der Waals surface area contributed by atoms with Crippen LogP contribution >= 0.6 is 23.4 Å². The maximum Gasteiger partial charge on any atom is 0.240 e. The molecular weight excluding hydrogens is 328 g/mol. The Labute approximate surface area is 135 Å². The van der Waals surface area contributed by atoms with Crippen LogP contribution in [0, 0.1) is 0 Å². The van der Waals surface area contributed by atoms with Gasteiger partial charge in [0.1, 0.15) is 0 Å². The van der Waals surface area contributed by atoms with Crippen molar-refractivity contribution in [1.29, 1.82) is 0 Å². The molecule has 1 aliphatic rings. The van der Waals surface area contributed by atoms with E-state index in [9.17, 15) is 8.42 Å². The van der Waals surface area contributed by atoms with Crippen molar-refractivity contribution in [1.82, 2.24) is 4.72 Å². The van der Waals surface area contributed by atoms with Crippen LogP contribution in [0.2, 0.25) is 5.02 Å². The SMILES string of the molecule is CCSC1CCCC1NS(=O)(=O)c1ccc(CN)c(Cl)c1. The summed E-state index contributed by atoms with van der Waals surface area (Å²) in [5.41, 5.74) is 6.29. The molecule has 1 fully saturated rings. The molecule has 4 nitrogen and oxygen atoms in total. The molecule has 0 spiro atoms. The summed E-state index contributed by atoms with van der Waals surface area (Å²) < 4.78 is 27.8. The summed E-state index contributed by atoms with van der Waals surface area (Å²) in [6.07, 6.45) is 3.03. The van der Waals surface area contributed by atoms with Gasteiger partial charge in [-0.25, -0.2) is 13.1 Å². The van der Waals surface area contributed by atoms with E-state index in [1.807, 2.05) is 11.8 Å². The van der Waals surface area contributed by atoms with Crippen LogP contribution < -0.4 is 10.5 Å². The first-order chi connectivity index (χ1) is 9.97. The lowest BCUT2D eigenvalue weighted by Gasteiger charge is -2.20. The van der Waals surface area contributed by atoms with Crippen LogP contribution in [0.15, 0.2) is 23.1 Å². The number of hydrogen-bond donors (Lipinski definition) is 2. The Kier molecular flexibility index (Phi) is 5.96. The monoisotopic (exact) mass is 348 g/mol. The van der Waals surface area contributed by atoms with Gasteiger partial charge in [-0.15, -0.1) is 0 Å². The molecule has 2 atom stereocenters. The fourth-order valence-corrected chi connectivity index (χ4v) is 5.55. The molecule has 0 bridgehead atoms. The maximum absolute atomic E-state index is 12.5. The lowest BCUT2D eigenvalue weighted by molar-refractivity contribution is 0.555. The van der Waals surface area contributed by atoms with E-state index in [4.69, 9.17) is 17.3 Å². The Bertz CT molecular complexity index is 593. The lowest BCUT2D eigenvalue weighted by Crippen LogP contribution is -2.38.